The predicted octanol–water partition coefficient (Wildman–Crippen LogP) is 0.696. The van der Waals surface area contributed by atoms with Crippen LogP contribution in [0.25, 0.3) is 0 Å². The Morgan fingerprint density at radius 2 is 2.00 bits per heavy atom. The SMILES string of the molecule is N#CCn1c(=O)nc2n1C(=O)N(c1ccc(F)cc1)C2. The molecule has 2 heterocycles. The Bertz CT molecular complexity index is 784. The van der Waals surface area contributed by atoms with E-state index in [1.54, 1.807) is 6.07 Å². The molecule has 100 valence electrons. The van der Waals surface area contributed by atoms with Crippen molar-refractivity contribution in [2.75, 3.05) is 4.90 Å². The largest absolute Gasteiger partial charge is 0.365 e. The minimum atomic E-state index is -0.631. The highest BCUT2D eigenvalue weighted by molar-refractivity contribution is 5.95. The average Bonchev–Trinajstić information content (AvgIpc) is 2.89. The second-order valence-electron chi connectivity index (χ2n) is 4.18. The zero-order valence-electron chi connectivity index (χ0n) is 10.2. The number of hydrogen-bond acceptors (Lipinski definition) is 4. The van der Waals surface area contributed by atoms with Crippen LogP contribution in [-0.4, -0.2) is 20.4 Å². The van der Waals surface area contributed by atoms with E-state index < -0.39 is 17.5 Å². The summed E-state index contributed by atoms with van der Waals surface area (Å²) in [5.74, 6) is -0.140. The first kappa shape index (κ1) is 12.1. The molecule has 0 saturated heterocycles. The third-order valence-corrected chi connectivity index (χ3v) is 3.00. The fraction of sp³-hybridized carbons (Fsp3) is 0.167. The molecule has 0 unspecified atom stereocenters. The zero-order valence-corrected chi connectivity index (χ0v) is 10.2. The number of anilines is 1. The molecule has 0 aliphatic carbocycles. The number of hydrogen-bond donors (Lipinski definition) is 0. The maximum absolute atomic E-state index is 12.9. The summed E-state index contributed by atoms with van der Waals surface area (Å²) in [6, 6.07) is 6.73. The third-order valence-electron chi connectivity index (χ3n) is 3.00. The molecule has 1 amide bonds. The zero-order chi connectivity index (χ0) is 14.3. The van der Waals surface area contributed by atoms with Crippen molar-refractivity contribution >= 4 is 11.7 Å². The summed E-state index contributed by atoms with van der Waals surface area (Å²) in [4.78, 5) is 28.9. The molecule has 20 heavy (non-hydrogen) atoms. The first-order valence-corrected chi connectivity index (χ1v) is 5.75. The lowest BCUT2D eigenvalue weighted by atomic mass is 10.3. The number of nitriles is 1. The Kier molecular flexibility index (Phi) is 2.61. The van der Waals surface area contributed by atoms with Gasteiger partial charge >= 0.3 is 11.7 Å². The van der Waals surface area contributed by atoms with Crippen molar-refractivity contribution in [1.29, 1.82) is 5.26 Å². The summed E-state index contributed by atoms with van der Waals surface area (Å²) in [5, 5.41) is 8.68. The highest BCUT2D eigenvalue weighted by Crippen LogP contribution is 2.22. The van der Waals surface area contributed by atoms with Crippen molar-refractivity contribution < 1.29 is 9.18 Å². The van der Waals surface area contributed by atoms with Gasteiger partial charge in [0.15, 0.2) is 5.82 Å². The standard InChI is InChI=1S/C12H8FN5O2/c13-8-1-3-9(4-2-8)16-7-10-15-11(19)17(6-5-14)18(10)12(16)20/h1-4H,6-7H2. The van der Waals surface area contributed by atoms with Crippen molar-refractivity contribution in [3.63, 3.8) is 0 Å². The normalized spacial score (nSPS) is 13.4. The Morgan fingerprint density at radius 3 is 2.65 bits per heavy atom. The van der Waals surface area contributed by atoms with E-state index in [0.717, 1.165) is 9.36 Å². The Balaban J connectivity index is 2.02. The topological polar surface area (TPSA) is 83.9 Å². The van der Waals surface area contributed by atoms with Gasteiger partial charge in [0.05, 0.1) is 12.6 Å². The van der Waals surface area contributed by atoms with Gasteiger partial charge in [0.2, 0.25) is 0 Å². The van der Waals surface area contributed by atoms with E-state index in [9.17, 15) is 14.0 Å². The van der Waals surface area contributed by atoms with E-state index in [1.165, 1.54) is 29.2 Å². The molecular formula is C12H8FN5O2. The number of benzene rings is 1. The van der Waals surface area contributed by atoms with Gasteiger partial charge in [-0.2, -0.15) is 14.9 Å². The van der Waals surface area contributed by atoms with Crippen LogP contribution in [0.15, 0.2) is 29.1 Å². The predicted molar refractivity (Wildman–Crippen MR) is 65.5 cm³/mol. The van der Waals surface area contributed by atoms with E-state index in [4.69, 9.17) is 5.26 Å². The van der Waals surface area contributed by atoms with E-state index in [1.807, 2.05) is 0 Å². The Hall–Kier alpha value is -2.95. The summed E-state index contributed by atoms with van der Waals surface area (Å²) >= 11 is 0. The first-order valence-electron chi connectivity index (χ1n) is 5.75. The number of carbonyl (C=O) groups is 1. The van der Waals surface area contributed by atoms with E-state index in [0.29, 0.717) is 5.69 Å². The molecule has 1 aliphatic heterocycles. The van der Waals surface area contributed by atoms with Crippen LogP contribution in [0.3, 0.4) is 0 Å². The van der Waals surface area contributed by atoms with E-state index in [-0.39, 0.29) is 18.9 Å². The van der Waals surface area contributed by atoms with Gasteiger partial charge in [-0.25, -0.2) is 18.7 Å². The second-order valence-corrected chi connectivity index (χ2v) is 4.18. The van der Waals surface area contributed by atoms with Crippen LogP contribution in [-0.2, 0) is 13.1 Å². The molecule has 1 aromatic heterocycles. The van der Waals surface area contributed by atoms with Gasteiger partial charge in [-0.3, -0.25) is 4.90 Å². The number of carbonyl (C=O) groups excluding carboxylic acids is 1. The monoisotopic (exact) mass is 273 g/mol. The number of aromatic nitrogens is 3. The molecule has 3 rings (SSSR count). The van der Waals surface area contributed by atoms with Crippen molar-refractivity contribution in [2.45, 2.75) is 13.1 Å². The van der Waals surface area contributed by atoms with Gasteiger partial charge in [0.25, 0.3) is 0 Å². The Morgan fingerprint density at radius 1 is 1.30 bits per heavy atom. The highest BCUT2D eigenvalue weighted by atomic mass is 19.1. The number of amides is 1. The summed E-state index contributed by atoms with van der Waals surface area (Å²) in [7, 11) is 0. The molecule has 0 fully saturated rings. The second kappa shape index (κ2) is 4.31. The summed E-state index contributed by atoms with van der Waals surface area (Å²) in [6.45, 7) is -0.146. The van der Waals surface area contributed by atoms with Gasteiger partial charge in [0.1, 0.15) is 12.4 Å². The molecule has 0 atom stereocenters. The first-order chi connectivity index (χ1) is 9.61. The maximum atomic E-state index is 12.9. The van der Waals surface area contributed by atoms with Gasteiger partial charge in [-0.1, -0.05) is 0 Å². The summed E-state index contributed by atoms with van der Waals surface area (Å²) in [5.41, 5.74) is -0.133. The van der Waals surface area contributed by atoms with Crippen LogP contribution in [0.5, 0.6) is 0 Å². The number of rotatable bonds is 2. The molecule has 0 spiro atoms. The van der Waals surface area contributed by atoms with Gasteiger partial charge in [0, 0.05) is 5.69 Å². The molecular weight excluding hydrogens is 265 g/mol. The van der Waals surface area contributed by atoms with E-state index >= 15 is 0 Å². The molecule has 1 aromatic carbocycles. The molecule has 0 bridgehead atoms. The van der Waals surface area contributed by atoms with Crippen LogP contribution in [0, 0.1) is 17.1 Å². The smallest absolute Gasteiger partial charge is 0.285 e. The molecule has 8 heteroatoms. The van der Waals surface area contributed by atoms with Gasteiger partial charge in [-0.05, 0) is 24.3 Å². The third kappa shape index (κ3) is 1.68. The summed E-state index contributed by atoms with van der Waals surface area (Å²) < 4.78 is 14.9. The molecule has 1 aliphatic rings. The minimum Gasteiger partial charge on any atom is -0.285 e. The molecule has 7 nitrogen and oxygen atoms in total. The fourth-order valence-electron chi connectivity index (χ4n) is 2.11. The number of fused-ring (bicyclic) bond motifs is 1. The van der Waals surface area contributed by atoms with Crippen LogP contribution in [0.2, 0.25) is 0 Å². The number of nitrogens with zero attached hydrogens (tertiary/aromatic N) is 5. The van der Waals surface area contributed by atoms with Crippen molar-refractivity contribution in [3.8, 4) is 6.07 Å². The van der Waals surface area contributed by atoms with Crippen molar-refractivity contribution in [1.82, 2.24) is 14.3 Å². The quantitative estimate of drug-likeness (QED) is 0.806. The van der Waals surface area contributed by atoms with Crippen molar-refractivity contribution in [2.24, 2.45) is 0 Å². The number of halogens is 1. The molecule has 0 N–H and O–H groups in total. The lowest BCUT2D eigenvalue weighted by Crippen LogP contribution is -2.33. The summed E-state index contributed by atoms with van der Waals surface area (Å²) in [6.07, 6.45) is 0. The fourth-order valence-corrected chi connectivity index (χ4v) is 2.11. The molecule has 0 radical (unpaired) electrons. The molecule has 2 aromatic rings. The highest BCUT2D eigenvalue weighted by Gasteiger charge is 2.33. The van der Waals surface area contributed by atoms with Gasteiger partial charge < -0.3 is 0 Å². The lowest BCUT2D eigenvalue weighted by molar-refractivity contribution is 0.245. The molecule has 0 saturated carbocycles. The van der Waals surface area contributed by atoms with Crippen LogP contribution < -0.4 is 10.6 Å². The van der Waals surface area contributed by atoms with Crippen LogP contribution in [0.1, 0.15) is 5.82 Å². The van der Waals surface area contributed by atoms with E-state index in [2.05, 4.69) is 4.98 Å². The van der Waals surface area contributed by atoms with Crippen molar-refractivity contribution in [3.05, 3.63) is 46.4 Å². The Labute approximate surface area is 112 Å². The lowest BCUT2D eigenvalue weighted by Gasteiger charge is -2.15. The van der Waals surface area contributed by atoms with Crippen LogP contribution in [0.4, 0.5) is 14.9 Å². The van der Waals surface area contributed by atoms with Gasteiger partial charge in [-0.15, -0.1) is 0 Å². The maximum Gasteiger partial charge on any atom is 0.365 e. The average molecular weight is 273 g/mol. The van der Waals surface area contributed by atoms with Crippen LogP contribution >= 0.6 is 0 Å². The minimum absolute atomic E-state index is 0.109.